The van der Waals surface area contributed by atoms with Gasteiger partial charge in [-0.05, 0) is 77.0 Å². The van der Waals surface area contributed by atoms with E-state index >= 15 is 0 Å². The van der Waals surface area contributed by atoms with Gasteiger partial charge in [-0.25, -0.2) is 0 Å². The highest BCUT2D eigenvalue weighted by atomic mass is 16.3. The Morgan fingerprint density at radius 1 is 0.500 bits per heavy atom. The van der Waals surface area contributed by atoms with E-state index < -0.39 is 12.1 Å². The Hall–Kier alpha value is -2.69. The lowest BCUT2D eigenvalue weighted by Crippen LogP contribution is -2.45. The van der Waals surface area contributed by atoms with Crippen molar-refractivity contribution in [3.8, 4) is 0 Å². The molecule has 0 radical (unpaired) electrons. The van der Waals surface area contributed by atoms with Crippen LogP contribution in [0.2, 0.25) is 0 Å². The Kier molecular flexibility index (Phi) is 38.5. The Balaban J connectivity index is 3.64. The third kappa shape index (κ3) is 36.6. The zero-order valence-corrected chi connectivity index (χ0v) is 32.4. The van der Waals surface area contributed by atoms with E-state index in [2.05, 4.69) is 116 Å². The summed E-state index contributed by atoms with van der Waals surface area (Å²) in [6.07, 6.45) is 60.6. The van der Waals surface area contributed by atoms with Crippen LogP contribution in [0.15, 0.2) is 97.2 Å². The van der Waals surface area contributed by atoms with E-state index in [4.69, 9.17) is 0 Å². The number of amides is 1. The minimum absolute atomic E-state index is 0.0563. The van der Waals surface area contributed by atoms with Crippen LogP contribution in [0.4, 0.5) is 0 Å². The summed E-state index contributed by atoms with van der Waals surface area (Å²) >= 11 is 0. The van der Waals surface area contributed by atoms with Crippen molar-refractivity contribution in [2.45, 2.75) is 180 Å². The van der Waals surface area contributed by atoms with Gasteiger partial charge >= 0.3 is 0 Å². The summed E-state index contributed by atoms with van der Waals surface area (Å²) in [5.74, 6) is -0.0563. The van der Waals surface area contributed by atoms with E-state index in [0.717, 1.165) is 89.9 Å². The lowest BCUT2D eigenvalue weighted by atomic mass is 10.0. The van der Waals surface area contributed by atoms with Gasteiger partial charge in [0.1, 0.15) is 0 Å². The standard InChI is InChI=1S/C46H77NO3/c1-3-5-7-9-11-12-13-14-15-16-17-18-19-20-21-22-23-24-25-26-27-28-29-30-31-32-33-34-36-38-40-42-46(50)47-44(43-48)45(49)41-39-37-35-10-8-6-4-2/h5,7,11-12,14-15,17-18,20-21,23-24,26-27,29-30,44-45,48-49H,3-4,6,8-10,13,16,19,22,25,28,31-43H2,1-2H3,(H,47,50)/b7-5-,12-11-,15-14-,18-17-,21-20-,24-23-,27-26-,30-29-. The first-order chi connectivity index (χ1) is 24.7. The van der Waals surface area contributed by atoms with Gasteiger partial charge in [0, 0.05) is 6.42 Å². The van der Waals surface area contributed by atoms with Gasteiger partial charge in [0.05, 0.1) is 18.8 Å². The smallest absolute Gasteiger partial charge is 0.220 e. The monoisotopic (exact) mass is 692 g/mol. The van der Waals surface area contributed by atoms with Gasteiger partial charge in [-0.15, -0.1) is 0 Å². The van der Waals surface area contributed by atoms with Crippen LogP contribution in [0.1, 0.15) is 168 Å². The zero-order valence-electron chi connectivity index (χ0n) is 32.4. The fourth-order valence-corrected chi connectivity index (χ4v) is 5.49. The van der Waals surface area contributed by atoms with Crippen molar-refractivity contribution in [3.63, 3.8) is 0 Å². The summed E-state index contributed by atoms with van der Waals surface area (Å²) in [7, 11) is 0. The van der Waals surface area contributed by atoms with Crippen LogP contribution in [-0.4, -0.2) is 34.9 Å². The van der Waals surface area contributed by atoms with Crippen LogP contribution in [0.3, 0.4) is 0 Å². The number of nitrogens with one attached hydrogen (secondary N) is 1. The van der Waals surface area contributed by atoms with Crippen molar-refractivity contribution >= 4 is 5.91 Å². The Morgan fingerprint density at radius 3 is 1.32 bits per heavy atom. The number of carbonyl (C=O) groups excluding carboxylic acids is 1. The Bertz CT molecular complexity index is 968. The summed E-state index contributed by atoms with van der Waals surface area (Å²) in [5.41, 5.74) is 0. The quantitative estimate of drug-likeness (QED) is 0.0458. The highest BCUT2D eigenvalue weighted by Gasteiger charge is 2.19. The lowest BCUT2D eigenvalue weighted by Gasteiger charge is -2.22. The molecule has 0 aromatic heterocycles. The normalized spacial score (nSPS) is 14.1. The van der Waals surface area contributed by atoms with Crippen molar-refractivity contribution in [3.05, 3.63) is 97.2 Å². The van der Waals surface area contributed by atoms with Crippen LogP contribution >= 0.6 is 0 Å². The first-order valence-electron chi connectivity index (χ1n) is 20.4. The topological polar surface area (TPSA) is 69.6 Å². The van der Waals surface area contributed by atoms with Gasteiger partial charge in [0.25, 0.3) is 0 Å². The van der Waals surface area contributed by atoms with Gasteiger partial charge in [-0.2, -0.15) is 0 Å². The largest absolute Gasteiger partial charge is 0.394 e. The molecule has 0 bridgehead atoms. The van der Waals surface area contributed by atoms with Gasteiger partial charge in [0.15, 0.2) is 0 Å². The third-order valence-corrected chi connectivity index (χ3v) is 8.61. The molecule has 0 aliphatic carbocycles. The van der Waals surface area contributed by atoms with E-state index in [0.29, 0.717) is 12.8 Å². The molecule has 2 atom stereocenters. The van der Waals surface area contributed by atoms with E-state index in [1.807, 2.05) is 0 Å². The van der Waals surface area contributed by atoms with Crippen LogP contribution in [0, 0.1) is 0 Å². The fraction of sp³-hybridized carbons (Fsp3) is 0.630. The molecule has 4 heteroatoms. The molecule has 50 heavy (non-hydrogen) atoms. The van der Waals surface area contributed by atoms with E-state index in [9.17, 15) is 15.0 Å². The second-order valence-electron chi connectivity index (χ2n) is 13.3. The van der Waals surface area contributed by atoms with E-state index in [1.54, 1.807) is 0 Å². The molecule has 0 fully saturated rings. The predicted molar refractivity (Wildman–Crippen MR) is 220 cm³/mol. The molecule has 1 amide bonds. The predicted octanol–water partition coefficient (Wildman–Crippen LogP) is 12.7. The van der Waals surface area contributed by atoms with Crippen LogP contribution in [0.5, 0.6) is 0 Å². The molecule has 0 aromatic carbocycles. The number of aliphatic hydroxyl groups is 2. The average molecular weight is 692 g/mol. The van der Waals surface area contributed by atoms with Crippen molar-refractivity contribution in [2.24, 2.45) is 0 Å². The van der Waals surface area contributed by atoms with Gasteiger partial charge < -0.3 is 15.5 Å². The molecule has 0 saturated heterocycles. The second-order valence-corrected chi connectivity index (χ2v) is 13.3. The maximum absolute atomic E-state index is 12.3. The molecule has 2 unspecified atom stereocenters. The van der Waals surface area contributed by atoms with Gasteiger partial charge in [0.2, 0.25) is 5.91 Å². The molecule has 0 heterocycles. The van der Waals surface area contributed by atoms with Crippen LogP contribution in [0.25, 0.3) is 0 Å². The summed E-state index contributed by atoms with van der Waals surface area (Å²) in [6, 6.07) is -0.547. The molecule has 0 aliphatic rings. The maximum atomic E-state index is 12.3. The summed E-state index contributed by atoms with van der Waals surface area (Å²) in [5, 5.41) is 22.9. The third-order valence-electron chi connectivity index (χ3n) is 8.61. The summed E-state index contributed by atoms with van der Waals surface area (Å²) in [6.45, 7) is 4.17. The molecular weight excluding hydrogens is 615 g/mol. The van der Waals surface area contributed by atoms with Gasteiger partial charge in [-0.1, -0.05) is 182 Å². The fourth-order valence-electron chi connectivity index (χ4n) is 5.49. The van der Waals surface area contributed by atoms with Crippen molar-refractivity contribution < 1.29 is 15.0 Å². The number of hydrogen-bond acceptors (Lipinski definition) is 3. The summed E-state index contributed by atoms with van der Waals surface area (Å²) in [4.78, 5) is 12.3. The number of rotatable bonds is 35. The lowest BCUT2D eigenvalue weighted by molar-refractivity contribution is -0.123. The van der Waals surface area contributed by atoms with Crippen molar-refractivity contribution in [1.29, 1.82) is 0 Å². The van der Waals surface area contributed by atoms with E-state index in [1.165, 1.54) is 51.4 Å². The molecule has 0 aromatic rings. The SMILES string of the molecule is CC/C=C\C/C=C\C/C=C\C/C=C\C/C=C\C/C=C\C/C=C\C/C=C\CCCCCCCCC(=O)NC(CO)C(O)CCCCCCCCC. The number of hydrogen-bond donors (Lipinski definition) is 3. The van der Waals surface area contributed by atoms with Gasteiger partial charge in [-0.3, -0.25) is 4.79 Å². The number of carbonyl (C=O) groups is 1. The Morgan fingerprint density at radius 2 is 0.880 bits per heavy atom. The molecule has 0 aliphatic heterocycles. The maximum Gasteiger partial charge on any atom is 0.220 e. The van der Waals surface area contributed by atoms with Crippen molar-refractivity contribution in [1.82, 2.24) is 5.32 Å². The first-order valence-corrected chi connectivity index (χ1v) is 20.4. The van der Waals surface area contributed by atoms with Crippen LogP contribution in [-0.2, 0) is 4.79 Å². The highest BCUT2D eigenvalue weighted by Crippen LogP contribution is 2.13. The molecule has 4 nitrogen and oxygen atoms in total. The number of allylic oxidation sites excluding steroid dienone is 16. The molecule has 0 rings (SSSR count). The minimum atomic E-state index is -0.669. The summed E-state index contributed by atoms with van der Waals surface area (Å²) < 4.78 is 0. The zero-order chi connectivity index (χ0) is 36.4. The molecule has 0 spiro atoms. The van der Waals surface area contributed by atoms with E-state index in [-0.39, 0.29) is 12.5 Å². The minimum Gasteiger partial charge on any atom is -0.394 e. The van der Waals surface area contributed by atoms with Crippen LogP contribution < -0.4 is 5.32 Å². The highest BCUT2D eigenvalue weighted by molar-refractivity contribution is 5.76. The molecular formula is C46H77NO3. The molecule has 284 valence electrons. The second kappa shape index (κ2) is 40.7. The molecule has 3 N–H and O–H groups in total. The van der Waals surface area contributed by atoms with Crippen molar-refractivity contribution in [2.75, 3.05) is 6.61 Å². The number of unbranched alkanes of at least 4 members (excludes halogenated alkanes) is 12. The first kappa shape index (κ1) is 47.3. The average Bonchev–Trinajstić information content (AvgIpc) is 3.12. The Labute approximate surface area is 309 Å². The number of aliphatic hydroxyl groups excluding tert-OH is 2. The molecule has 0 saturated carbocycles.